The summed E-state index contributed by atoms with van der Waals surface area (Å²) in [5, 5.41) is 2.94. The lowest BCUT2D eigenvalue weighted by Crippen LogP contribution is -2.47. The number of urea groups is 1. The van der Waals surface area contributed by atoms with Gasteiger partial charge < -0.3 is 19.9 Å². The number of nitrogens with one attached hydrogen (secondary N) is 1. The standard InChI is InChI=1S/C24H28BrN3O3/c1-31-22-12-11-18(25)15-20(22)21-10-6-14-28(21)23(29)17-7-5-13-27(16-17)24(30)26-19-8-3-2-4-9-19/h2-4,8-9,11-12,15,17,21H,5-7,10,13-14,16H2,1H3,(H,26,30). The van der Waals surface area contributed by atoms with Crippen molar-refractivity contribution in [2.45, 2.75) is 31.7 Å². The number of ether oxygens (including phenoxy) is 1. The van der Waals surface area contributed by atoms with Gasteiger partial charge >= 0.3 is 6.03 Å². The van der Waals surface area contributed by atoms with Crippen LogP contribution in [0.3, 0.4) is 0 Å². The molecule has 7 heteroatoms. The minimum Gasteiger partial charge on any atom is -0.496 e. The Balaban J connectivity index is 1.46. The lowest BCUT2D eigenvalue weighted by atomic mass is 9.95. The maximum Gasteiger partial charge on any atom is 0.321 e. The third-order valence-electron chi connectivity index (χ3n) is 6.17. The van der Waals surface area contributed by atoms with E-state index in [-0.39, 0.29) is 23.9 Å². The molecule has 0 bridgehead atoms. The minimum absolute atomic E-state index is 0.00784. The van der Waals surface area contributed by atoms with E-state index in [0.717, 1.165) is 53.7 Å². The molecule has 6 nitrogen and oxygen atoms in total. The van der Waals surface area contributed by atoms with Gasteiger partial charge in [0.25, 0.3) is 0 Å². The summed E-state index contributed by atoms with van der Waals surface area (Å²) in [5.74, 6) is 0.774. The smallest absolute Gasteiger partial charge is 0.321 e. The van der Waals surface area contributed by atoms with Crippen molar-refractivity contribution in [2.24, 2.45) is 5.92 Å². The van der Waals surface area contributed by atoms with Crippen LogP contribution < -0.4 is 10.1 Å². The van der Waals surface area contributed by atoms with Gasteiger partial charge in [0, 0.05) is 35.4 Å². The number of nitrogens with zero attached hydrogens (tertiary/aromatic N) is 2. The van der Waals surface area contributed by atoms with Crippen LogP contribution in [0, 0.1) is 5.92 Å². The fraction of sp³-hybridized carbons (Fsp3) is 0.417. The Labute approximate surface area is 191 Å². The van der Waals surface area contributed by atoms with E-state index >= 15 is 0 Å². The molecule has 31 heavy (non-hydrogen) atoms. The van der Waals surface area contributed by atoms with E-state index in [4.69, 9.17) is 4.74 Å². The Morgan fingerprint density at radius 1 is 1.06 bits per heavy atom. The quantitative estimate of drug-likeness (QED) is 0.657. The lowest BCUT2D eigenvalue weighted by molar-refractivity contribution is -0.137. The van der Waals surface area contributed by atoms with Gasteiger partial charge in [-0.25, -0.2) is 4.79 Å². The van der Waals surface area contributed by atoms with E-state index in [9.17, 15) is 9.59 Å². The molecule has 2 aromatic rings. The van der Waals surface area contributed by atoms with Gasteiger partial charge in [-0.2, -0.15) is 0 Å². The topological polar surface area (TPSA) is 61.9 Å². The van der Waals surface area contributed by atoms with Crippen molar-refractivity contribution in [1.29, 1.82) is 0 Å². The van der Waals surface area contributed by atoms with Crippen molar-refractivity contribution >= 4 is 33.6 Å². The number of benzene rings is 2. The molecule has 2 fully saturated rings. The zero-order chi connectivity index (χ0) is 21.8. The number of piperidine rings is 1. The highest BCUT2D eigenvalue weighted by Gasteiger charge is 2.37. The van der Waals surface area contributed by atoms with Gasteiger partial charge in [0.05, 0.1) is 19.1 Å². The molecule has 2 saturated heterocycles. The van der Waals surface area contributed by atoms with E-state index in [0.29, 0.717) is 13.1 Å². The number of carbonyl (C=O) groups is 2. The largest absolute Gasteiger partial charge is 0.496 e. The maximum absolute atomic E-state index is 13.5. The van der Waals surface area contributed by atoms with Crippen LogP contribution in [0.15, 0.2) is 53.0 Å². The molecule has 0 radical (unpaired) electrons. The number of likely N-dealkylation sites (tertiary alicyclic amines) is 2. The van der Waals surface area contributed by atoms with Crippen LogP contribution in [0.5, 0.6) is 5.75 Å². The Kier molecular flexibility index (Phi) is 6.80. The normalized spacial score (nSPS) is 21.1. The molecule has 0 spiro atoms. The highest BCUT2D eigenvalue weighted by atomic mass is 79.9. The fourth-order valence-electron chi connectivity index (χ4n) is 4.64. The second-order valence-electron chi connectivity index (χ2n) is 8.16. The van der Waals surface area contributed by atoms with Crippen molar-refractivity contribution in [3.63, 3.8) is 0 Å². The summed E-state index contributed by atoms with van der Waals surface area (Å²) in [6.45, 7) is 1.87. The van der Waals surface area contributed by atoms with E-state index in [1.807, 2.05) is 47.4 Å². The summed E-state index contributed by atoms with van der Waals surface area (Å²) < 4.78 is 6.55. The Hall–Kier alpha value is -2.54. The van der Waals surface area contributed by atoms with Crippen LogP contribution in [0.2, 0.25) is 0 Å². The van der Waals surface area contributed by atoms with Crippen molar-refractivity contribution in [2.75, 3.05) is 32.1 Å². The molecule has 3 amide bonds. The SMILES string of the molecule is COc1ccc(Br)cc1C1CCCN1C(=O)C1CCCN(C(=O)Nc2ccccc2)C1. The average molecular weight is 486 g/mol. The van der Waals surface area contributed by atoms with Crippen LogP contribution in [0.1, 0.15) is 37.3 Å². The molecule has 0 aliphatic carbocycles. The zero-order valence-electron chi connectivity index (χ0n) is 17.7. The van der Waals surface area contributed by atoms with Gasteiger partial charge in [-0.1, -0.05) is 34.1 Å². The van der Waals surface area contributed by atoms with E-state index in [2.05, 4.69) is 27.3 Å². The summed E-state index contributed by atoms with van der Waals surface area (Å²) in [7, 11) is 1.66. The van der Waals surface area contributed by atoms with Crippen molar-refractivity contribution in [1.82, 2.24) is 9.80 Å². The van der Waals surface area contributed by atoms with Crippen LogP contribution >= 0.6 is 15.9 Å². The number of halogens is 1. The lowest BCUT2D eigenvalue weighted by Gasteiger charge is -2.36. The van der Waals surface area contributed by atoms with Crippen molar-refractivity contribution in [3.05, 3.63) is 58.6 Å². The highest BCUT2D eigenvalue weighted by molar-refractivity contribution is 9.10. The number of para-hydroxylation sites is 1. The monoisotopic (exact) mass is 485 g/mol. The molecule has 1 N–H and O–H groups in total. The van der Waals surface area contributed by atoms with Crippen LogP contribution in [0.25, 0.3) is 0 Å². The zero-order valence-corrected chi connectivity index (χ0v) is 19.3. The highest BCUT2D eigenvalue weighted by Crippen LogP contribution is 2.39. The molecular formula is C24H28BrN3O3. The minimum atomic E-state index is -0.172. The number of methoxy groups -OCH3 is 1. The summed E-state index contributed by atoms with van der Waals surface area (Å²) in [5.41, 5.74) is 1.81. The fourth-order valence-corrected chi connectivity index (χ4v) is 5.02. The molecule has 0 saturated carbocycles. The summed E-state index contributed by atoms with van der Waals surface area (Å²) in [4.78, 5) is 30.0. The van der Waals surface area contributed by atoms with Crippen LogP contribution in [-0.4, -0.2) is 48.5 Å². The van der Waals surface area contributed by atoms with Gasteiger partial charge in [0.2, 0.25) is 5.91 Å². The number of rotatable bonds is 4. The van der Waals surface area contributed by atoms with E-state index < -0.39 is 0 Å². The predicted octanol–water partition coefficient (Wildman–Crippen LogP) is 5.07. The van der Waals surface area contributed by atoms with Gasteiger partial charge in [-0.15, -0.1) is 0 Å². The Morgan fingerprint density at radius 3 is 2.61 bits per heavy atom. The van der Waals surface area contributed by atoms with Crippen LogP contribution in [-0.2, 0) is 4.79 Å². The van der Waals surface area contributed by atoms with Gasteiger partial charge in [-0.3, -0.25) is 4.79 Å². The molecule has 2 aromatic carbocycles. The molecule has 0 aromatic heterocycles. The van der Waals surface area contributed by atoms with Gasteiger partial charge in [0.1, 0.15) is 5.75 Å². The van der Waals surface area contributed by atoms with E-state index in [1.54, 1.807) is 12.0 Å². The molecule has 2 heterocycles. The number of carbonyl (C=O) groups excluding carboxylic acids is 2. The van der Waals surface area contributed by atoms with Crippen LogP contribution in [0.4, 0.5) is 10.5 Å². The van der Waals surface area contributed by atoms with Gasteiger partial charge in [-0.05, 0) is 56.0 Å². The predicted molar refractivity (Wildman–Crippen MR) is 124 cm³/mol. The first kappa shape index (κ1) is 21.7. The number of anilines is 1. The second-order valence-corrected chi connectivity index (χ2v) is 9.07. The third kappa shape index (κ3) is 4.87. The Bertz CT molecular complexity index is 937. The first-order valence-corrected chi connectivity index (χ1v) is 11.6. The second kappa shape index (κ2) is 9.73. The van der Waals surface area contributed by atoms with Crippen molar-refractivity contribution in [3.8, 4) is 5.75 Å². The Morgan fingerprint density at radius 2 is 1.84 bits per heavy atom. The molecule has 2 aliphatic heterocycles. The average Bonchev–Trinajstić information content (AvgIpc) is 3.29. The molecule has 2 unspecified atom stereocenters. The first-order valence-electron chi connectivity index (χ1n) is 10.8. The molecule has 164 valence electrons. The number of amides is 3. The van der Waals surface area contributed by atoms with Crippen molar-refractivity contribution < 1.29 is 14.3 Å². The van der Waals surface area contributed by atoms with E-state index in [1.165, 1.54) is 0 Å². The molecule has 2 atom stereocenters. The molecule has 2 aliphatic rings. The number of hydrogen-bond acceptors (Lipinski definition) is 3. The summed E-state index contributed by atoms with van der Waals surface area (Å²) in [6, 6.07) is 15.2. The number of hydrogen-bond donors (Lipinski definition) is 1. The maximum atomic E-state index is 13.5. The molecular weight excluding hydrogens is 458 g/mol. The summed E-state index contributed by atoms with van der Waals surface area (Å²) >= 11 is 3.55. The summed E-state index contributed by atoms with van der Waals surface area (Å²) in [6.07, 6.45) is 3.53. The first-order chi connectivity index (χ1) is 15.1. The van der Waals surface area contributed by atoms with Gasteiger partial charge in [0.15, 0.2) is 0 Å². The third-order valence-corrected chi connectivity index (χ3v) is 6.66. The molecule has 4 rings (SSSR count).